The summed E-state index contributed by atoms with van der Waals surface area (Å²) in [5.41, 5.74) is 0.464. The minimum absolute atomic E-state index is 0. The Balaban J connectivity index is 0.00000182. The largest absolute Gasteiger partial charge is 1.00 e. The van der Waals surface area contributed by atoms with Gasteiger partial charge in [-0.3, -0.25) is 0 Å². The van der Waals surface area contributed by atoms with Crippen molar-refractivity contribution in [1.82, 2.24) is 4.98 Å². The maximum absolute atomic E-state index is 6.43. The first kappa shape index (κ1) is 19.2. The van der Waals surface area contributed by atoms with E-state index in [-0.39, 0.29) is 17.0 Å². The summed E-state index contributed by atoms with van der Waals surface area (Å²) in [5.74, 6) is 2.46. The Hall–Kier alpha value is -0.610. The summed E-state index contributed by atoms with van der Waals surface area (Å²) in [4.78, 5) is 4.42. The molecule has 0 radical (unpaired) electrons. The fourth-order valence-electron chi connectivity index (χ4n) is 6.39. The molecule has 3 aliphatic rings. The van der Waals surface area contributed by atoms with Gasteiger partial charge in [-0.25, -0.2) is 4.98 Å². The van der Waals surface area contributed by atoms with Gasteiger partial charge in [0.2, 0.25) is 5.88 Å². The summed E-state index contributed by atoms with van der Waals surface area (Å²) in [6, 6.07) is 6.02. The van der Waals surface area contributed by atoms with E-state index in [0.29, 0.717) is 11.6 Å². The van der Waals surface area contributed by atoms with Crippen LogP contribution >= 0.6 is 0 Å². The van der Waals surface area contributed by atoms with Crippen molar-refractivity contribution in [1.29, 1.82) is 0 Å². The molecule has 140 valence electrons. The standard InChI is InChI=1S/C21H33N2O.BrH/c1-3-4-5-8-14-23-15-12-17-10-11-18(21(17,23)2)19(16-23)24-20-9-6-7-13-22-20;/h6-7,9,13,17-19H,3-5,8,10-12,14-16H2,1-2H3;1H/q+1;/p-1/t17-,18+,19-,21+,23-;/m0./s1. The first-order valence-electron chi connectivity index (χ1n) is 10.1. The third kappa shape index (κ3) is 3.03. The second kappa shape index (κ2) is 7.56. The maximum atomic E-state index is 6.43. The average Bonchev–Trinajstić information content (AvgIpc) is 3.16. The van der Waals surface area contributed by atoms with Gasteiger partial charge in [-0.15, -0.1) is 0 Å². The molecule has 0 amide bonds. The highest BCUT2D eigenvalue weighted by Crippen LogP contribution is 2.60. The van der Waals surface area contributed by atoms with Crippen LogP contribution in [0.2, 0.25) is 0 Å². The molecule has 4 rings (SSSR count). The fraction of sp³-hybridized carbons (Fsp3) is 0.762. The molecule has 1 saturated carbocycles. The lowest BCUT2D eigenvalue weighted by atomic mass is 9.83. The van der Waals surface area contributed by atoms with Crippen LogP contribution in [0.25, 0.3) is 0 Å². The molecule has 3 heterocycles. The normalized spacial score (nSPS) is 38.4. The van der Waals surface area contributed by atoms with Gasteiger partial charge in [0.25, 0.3) is 0 Å². The molecule has 5 atom stereocenters. The minimum atomic E-state index is 0. The molecule has 0 unspecified atom stereocenters. The Bertz CT molecular complexity index is 568. The monoisotopic (exact) mass is 408 g/mol. The van der Waals surface area contributed by atoms with Gasteiger partial charge in [-0.05, 0) is 38.7 Å². The summed E-state index contributed by atoms with van der Waals surface area (Å²) in [6.07, 6.45) is 11.9. The molecule has 3 fully saturated rings. The van der Waals surface area contributed by atoms with Crippen molar-refractivity contribution in [3.63, 3.8) is 0 Å². The number of rotatable bonds is 7. The lowest BCUT2D eigenvalue weighted by Crippen LogP contribution is -3.00. The number of nitrogens with zero attached hydrogens (tertiary/aromatic N) is 2. The number of pyridine rings is 1. The lowest BCUT2D eigenvalue weighted by molar-refractivity contribution is -0.953. The van der Waals surface area contributed by atoms with Crippen molar-refractivity contribution in [2.45, 2.75) is 70.4 Å². The van der Waals surface area contributed by atoms with Crippen LogP contribution in [0.3, 0.4) is 0 Å². The summed E-state index contributed by atoms with van der Waals surface area (Å²) < 4.78 is 7.77. The van der Waals surface area contributed by atoms with E-state index >= 15 is 0 Å². The van der Waals surface area contributed by atoms with Gasteiger partial charge in [-0.1, -0.05) is 25.8 Å². The van der Waals surface area contributed by atoms with Gasteiger partial charge in [0.1, 0.15) is 12.1 Å². The van der Waals surface area contributed by atoms with E-state index in [2.05, 4.69) is 18.8 Å². The molecule has 0 bridgehead atoms. The third-order valence-electron chi connectivity index (χ3n) is 7.66. The fourth-order valence-corrected chi connectivity index (χ4v) is 6.39. The van der Waals surface area contributed by atoms with Gasteiger partial charge in [0.05, 0.1) is 19.0 Å². The van der Waals surface area contributed by atoms with E-state index in [9.17, 15) is 0 Å². The number of unbranched alkanes of at least 4 members (excludes halogenated alkanes) is 3. The second-order valence-electron chi connectivity index (χ2n) is 8.56. The van der Waals surface area contributed by atoms with E-state index in [1.807, 2.05) is 24.4 Å². The lowest BCUT2D eigenvalue weighted by Gasteiger charge is -2.43. The van der Waals surface area contributed by atoms with Gasteiger partial charge < -0.3 is 26.2 Å². The smallest absolute Gasteiger partial charge is 0.213 e. The average molecular weight is 409 g/mol. The molecule has 0 aromatic carbocycles. The number of hydrogen-bond donors (Lipinski definition) is 0. The van der Waals surface area contributed by atoms with Crippen LogP contribution in [0.4, 0.5) is 0 Å². The van der Waals surface area contributed by atoms with Crippen molar-refractivity contribution in [2.75, 3.05) is 19.6 Å². The molecular formula is C21H33BrN2O. The number of ether oxygens (including phenoxy) is 1. The van der Waals surface area contributed by atoms with Crippen molar-refractivity contribution >= 4 is 0 Å². The van der Waals surface area contributed by atoms with Crippen molar-refractivity contribution < 1.29 is 26.2 Å². The Morgan fingerprint density at radius 3 is 2.84 bits per heavy atom. The predicted molar refractivity (Wildman–Crippen MR) is 96.9 cm³/mol. The molecule has 2 saturated heterocycles. The zero-order chi connectivity index (χ0) is 16.6. The van der Waals surface area contributed by atoms with Crippen LogP contribution in [0, 0.1) is 11.8 Å². The number of halogens is 1. The van der Waals surface area contributed by atoms with E-state index in [0.717, 1.165) is 17.7 Å². The molecular weight excluding hydrogens is 376 g/mol. The summed E-state index contributed by atoms with van der Waals surface area (Å²) in [6.45, 7) is 8.86. The van der Waals surface area contributed by atoms with Crippen LogP contribution in [0.15, 0.2) is 24.4 Å². The van der Waals surface area contributed by atoms with E-state index < -0.39 is 0 Å². The summed E-state index contributed by atoms with van der Waals surface area (Å²) in [5, 5.41) is 0. The minimum Gasteiger partial charge on any atom is -1.00 e. The van der Waals surface area contributed by atoms with E-state index in [1.54, 1.807) is 0 Å². The van der Waals surface area contributed by atoms with Crippen LogP contribution in [0.1, 0.15) is 58.8 Å². The molecule has 25 heavy (non-hydrogen) atoms. The molecule has 1 aromatic rings. The SMILES string of the molecule is CCCCCC[N@+]12CC[C@@H]3CC[C@H]([C@@H](Oc4ccccn4)C1)[C@@]32C.[Br-]. The van der Waals surface area contributed by atoms with Crippen LogP contribution < -0.4 is 21.7 Å². The highest BCUT2D eigenvalue weighted by atomic mass is 79.9. The highest BCUT2D eigenvalue weighted by molar-refractivity contribution is 5.13. The van der Waals surface area contributed by atoms with Crippen molar-refractivity contribution in [3.05, 3.63) is 24.4 Å². The number of hydrogen-bond acceptors (Lipinski definition) is 2. The molecule has 0 N–H and O–H groups in total. The quantitative estimate of drug-likeness (QED) is 0.502. The van der Waals surface area contributed by atoms with Gasteiger partial charge >= 0.3 is 0 Å². The third-order valence-corrected chi connectivity index (χ3v) is 7.66. The summed E-state index contributed by atoms with van der Waals surface area (Å²) in [7, 11) is 0. The van der Waals surface area contributed by atoms with Gasteiger partial charge in [0.15, 0.2) is 6.10 Å². The first-order valence-corrected chi connectivity index (χ1v) is 10.1. The number of quaternary nitrogens is 1. The Kier molecular flexibility index (Phi) is 5.79. The Morgan fingerprint density at radius 1 is 1.20 bits per heavy atom. The van der Waals surface area contributed by atoms with Gasteiger partial charge in [-0.2, -0.15) is 0 Å². The van der Waals surface area contributed by atoms with Crippen LogP contribution in [-0.4, -0.2) is 40.7 Å². The van der Waals surface area contributed by atoms with Crippen molar-refractivity contribution in [2.24, 2.45) is 11.8 Å². The highest BCUT2D eigenvalue weighted by Gasteiger charge is 2.71. The van der Waals surface area contributed by atoms with Crippen LogP contribution in [-0.2, 0) is 0 Å². The Labute approximate surface area is 163 Å². The maximum Gasteiger partial charge on any atom is 0.213 e. The Morgan fingerprint density at radius 2 is 2.08 bits per heavy atom. The molecule has 3 nitrogen and oxygen atoms in total. The first-order chi connectivity index (χ1) is 11.7. The predicted octanol–water partition coefficient (Wildman–Crippen LogP) is 1.43. The van der Waals surface area contributed by atoms with Crippen LogP contribution in [0.5, 0.6) is 5.88 Å². The topological polar surface area (TPSA) is 22.1 Å². The van der Waals surface area contributed by atoms with Crippen molar-refractivity contribution in [3.8, 4) is 5.88 Å². The summed E-state index contributed by atoms with van der Waals surface area (Å²) >= 11 is 0. The number of aromatic nitrogens is 1. The molecule has 0 spiro atoms. The van der Waals surface area contributed by atoms with Gasteiger partial charge in [0, 0.05) is 24.6 Å². The van der Waals surface area contributed by atoms with E-state index in [1.165, 1.54) is 69.1 Å². The molecule has 4 heteroatoms. The second-order valence-corrected chi connectivity index (χ2v) is 8.56. The molecule has 2 aliphatic heterocycles. The zero-order valence-corrected chi connectivity index (χ0v) is 17.4. The molecule has 1 aliphatic carbocycles. The van der Waals surface area contributed by atoms with E-state index in [4.69, 9.17) is 4.74 Å². The molecule has 1 aromatic heterocycles. The zero-order valence-electron chi connectivity index (χ0n) is 15.8.